The van der Waals surface area contributed by atoms with E-state index in [4.69, 9.17) is 18.9 Å². The number of ether oxygens (including phenoxy) is 4. The second-order valence-electron chi connectivity index (χ2n) is 12.3. The highest BCUT2D eigenvalue weighted by Crippen LogP contribution is 2.37. The first kappa shape index (κ1) is 31.5. The summed E-state index contributed by atoms with van der Waals surface area (Å²) in [4.78, 5) is 18.4. The van der Waals surface area contributed by atoms with Gasteiger partial charge in [0.15, 0.2) is 23.0 Å². The second-order valence-corrected chi connectivity index (χ2v) is 12.3. The van der Waals surface area contributed by atoms with Crippen LogP contribution < -0.4 is 29.6 Å². The zero-order valence-electron chi connectivity index (χ0n) is 27.0. The lowest BCUT2D eigenvalue weighted by molar-refractivity contribution is -0.0408. The number of carbonyl (C=O) groups excluding carboxylic acids is 1. The van der Waals surface area contributed by atoms with Crippen molar-refractivity contribution in [1.82, 2.24) is 9.80 Å². The van der Waals surface area contributed by atoms with Crippen molar-refractivity contribution in [2.24, 2.45) is 0 Å². The maximum atomic E-state index is 15.0. The predicted octanol–water partition coefficient (Wildman–Crippen LogP) is 4.61. The third kappa shape index (κ3) is 6.39. The van der Waals surface area contributed by atoms with Crippen molar-refractivity contribution in [1.29, 1.82) is 0 Å². The molecule has 0 saturated carbocycles. The number of aliphatic hydroxyl groups is 2. The number of carbonyl (C=O) groups is 1. The van der Waals surface area contributed by atoms with Crippen LogP contribution in [0.4, 0.5) is 16.2 Å². The molecule has 3 aliphatic rings. The molecule has 7 rings (SSSR count). The summed E-state index contributed by atoms with van der Waals surface area (Å²) in [5.74, 6) is 2.52. The Kier molecular flexibility index (Phi) is 8.88. The van der Waals surface area contributed by atoms with Gasteiger partial charge in [-0.25, -0.2) is 4.79 Å². The molecule has 48 heavy (non-hydrogen) atoms. The Balaban J connectivity index is 1.30. The summed E-state index contributed by atoms with van der Waals surface area (Å²) in [6, 6.07) is 25.1. The van der Waals surface area contributed by atoms with Gasteiger partial charge in [0.2, 0.25) is 13.6 Å². The lowest BCUT2D eigenvalue weighted by Crippen LogP contribution is -2.50. The third-order valence-electron chi connectivity index (χ3n) is 9.33. The highest BCUT2D eigenvalue weighted by Gasteiger charge is 2.46. The van der Waals surface area contributed by atoms with Crippen molar-refractivity contribution in [3.63, 3.8) is 0 Å². The van der Waals surface area contributed by atoms with Crippen molar-refractivity contribution in [2.45, 2.75) is 50.2 Å². The number of hydrogen-bond donors (Lipinski definition) is 4. The Labute approximate surface area is 279 Å². The highest BCUT2D eigenvalue weighted by atomic mass is 16.7. The first-order valence-corrected chi connectivity index (χ1v) is 16.1. The van der Waals surface area contributed by atoms with Gasteiger partial charge in [-0.15, -0.1) is 0 Å². The minimum atomic E-state index is -1.28. The molecular formula is C37H40N4O7. The molecule has 0 spiro atoms. The predicted molar refractivity (Wildman–Crippen MR) is 181 cm³/mol. The lowest BCUT2D eigenvalue weighted by atomic mass is 9.90. The zero-order chi connectivity index (χ0) is 33.2. The Bertz CT molecular complexity index is 1660. The van der Waals surface area contributed by atoms with Crippen LogP contribution in [0.15, 0.2) is 84.9 Å². The van der Waals surface area contributed by atoms with E-state index in [1.807, 2.05) is 99.0 Å². The molecule has 4 N–H and O–H groups in total. The number of urea groups is 1. The van der Waals surface area contributed by atoms with Crippen LogP contribution in [-0.2, 0) is 25.9 Å². The van der Waals surface area contributed by atoms with E-state index in [-0.39, 0.29) is 45.5 Å². The molecule has 4 aromatic rings. The van der Waals surface area contributed by atoms with Gasteiger partial charge in [0.05, 0.1) is 12.1 Å². The van der Waals surface area contributed by atoms with E-state index in [0.717, 1.165) is 33.6 Å². The summed E-state index contributed by atoms with van der Waals surface area (Å²) in [7, 11) is 3.70. The molecule has 0 bridgehead atoms. The number of nitrogens with one attached hydrogen (secondary N) is 2. The number of anilines is 2. The summed E-state index contributed by atoms with van der Waals surface area (Å²) in [6.45, 7) is 0.719. The van der Waals surface area contributed by atoms with Crippen LogP contribution in [0.3, 0.4) is 0 Å². The van der Waals surface area contributed by atoms with Gasteiger partial charge in [-0.3, -0.25) is 0 Å². The first-order chi connectivity index (χ1) is 23.4. The molecular weight excluding hydrogens is 612 g/mol. The van der Waals surface area contributed by atoms with Gasteiger partial charge < -0.3 is 49.6 Å². The van der Waals surface area contributed by atoms with Crippen LogP contribution in [0.1, 0.15) is 22.3 Å². The van der Waals surface area contributed by atoms with Crippen molar-refractivity contribution >= 4 is 17.4 Å². The van der Waals surface area contributed by atoms with E-state index in [1.54, 1.807) is 9.80 Å². The molecule has 2 amide bonds. The average Bonchev–Trinajstić information content (AvgIpc) is 3.78. The standard InChI is InChI=1S/C37H40N4O7/c1-38-27-7-3-5-25(13-27)19-40-29(15-23-9-11-31-33(17-23)47-21-45-31)35(42)36(43)30(16-24-10-12-32-34(18-24)48-22-46-32)41(37(40)44)20-26-6-4-8-28(14-26)39-2/h3-14,17-18,29-30,35-36,38-39,42-43H,15-16,19-22H2,1-2H3/t29-,30-,35+,36+/m1/s1. The smallest absolute Gasteiger partial charge is 0.321 e. The lowest BCUT2D eigenvalue weighted by Gasteiger charge is -2.36. The topological polar surface area (TPSA) is 125 Å². The van der Waals surface area contributed by atoms with E-state index in [0.29, 0.717) is 23.0 Å². The Hall–Kier alpha value is -5.13. The maximum Gasteiger partial charge on any atom is 0.321 e. The number of aliphatic hydroxyl groups excluding tert-OH is 2. The molecule has 250 valence electrons. The molecule has 0 radical (unpaired) electrons. The molecule has 0 aliphatic carbocycles. The summed E-state index contributed by atoms with van der Waals surface area (Å²) >= 11 is 0. The van der Waals surface area contributed by atoms with Gasteiger partial charge in [0.1, 0.15) is 12.2 Å². The van der Waals surface area contributed by atoms with Crippen LogP contribution in [-0.4, -0.2) is 78.0 Å². The zero-order valence-corrected chi connectivity index (χ0v) is 27.0. The van der Waals surface area contributed by atoms with E-state index in [2.05, 4.69) is 10.6 Å². The summed E-state index contributed by atoms with van der Waals surface area (Å²) < 4.78 is 22.3. The minimum absolute atomic E-state index is 0.140. The molecule has 0 aromatic heterocycles. The van der Waals surface area contributed by atoms with Gasteiger partial charge in [-0.05, 0) is 83.6 Å². The average molecular weight is 653 g/mol. The van der Waals surface area contributed by atoms with E-state index in [9.17, 15) is 10.2 Å². The Morgan fingerprint density at radius 3 is 1.48 bits per heavy atom. The van der Waals surface area contributed by atoms with E-state index >= 15 is 4.79 Å². The van der Waals surface area contributed by atoms with Gasteiger partial charge in [0, 0.05) is 38.6 Å². The van der Waals surface area contributed by atoms with Crippen molar-refractivity contribution in [2.75, 3.05) is 38.3 Å². The van der Waals surface area contributed by atoms with Gasteiger partial charge in [-0.2, -0.15) is 0 Å². The maximum absolute atomic E-state index is 15.0. The molecule has 1 saturated heterocycles. The first-order valence-electron chi connectivity index (χ1n) is 16.1. The van der Waals surface area contributed by atoms with Crippen LogP contribution >= 0.6 is 0 Å². The monoisotopic (exact) mass is 652 g/mol. The van der Waals surface area contributed by atoms with Gasteiger partial charge in [-0.1, -0.05) is 36.4 Å². The van der Waals surface area contributed by atoms with Gasteiger partial charge in [0.25, 0.3) is 0 Å². The summed E-state index contributed by atoms with van der Waals surface area (Å²) in [6.07, 6.45) is -1.99. The summed E-state index contributed by atoms with van der Waals surface area (Å²) in [5.41, 5.74) is 5.28. The number of hydrogen-bond acceptors (Lipinski definition) is 9. The second kappa shape index (κ2) is 13.5. The molecule has 4 aromatic carbocycles. The normalized spacial score (nSPS) is 21.3. The molecule has 11 nitrogen and oxygen atoms in total. The fraction of sp³-hybridized carbons (Fsp3) is 0.324. The Morgan fingerprint density at radius 1 is 0.604 bits per heavy atom. The highest BCUT2D eigenvalue weighted by molar-refractivity contribution is 5.76. The number of amides is 2. The SMILES string of the molecule is CNc1cccc(CN2C(=O)N(Cc3cccc(NC)c3)[C@H](Cc3ccc4c(c3)OCO4)[C@H](O)[C@@H](O)[C@H]2Cc2ccc3c(c2)OCO3)c1. The van der Waals surface area contributed by atoms with Crippen LogP contribution in [0.5, 0.6) is 23.0 Å². The third-order valence-corrected chi connectivity index (χ3v) is 9.33. The number of fused-ring (bicyclic) bond motifs is 2. The largest absolute Gasteiger partial charge is 0.454 e. The number of nitrogens with zero attached hydrogens (tertiary/aromatic N) is 2. The molecule has 1 fully saturated rings. The van der Waals surface area contributed by atoms with Crippen molar-refractivity contribution < 1.29 is 34.0 Å². The Morgan fingerprint density at radius 2 is 1.04 bits per heavy atom. The van der Waals surface area contributed by atoms with E-state index in [1.165, 1.54) is 0 Å². The van der Waals surface area contributed by atoms with E-state index < -0.39 is 24.3 Å². The minimum Gasteiger partial charge on any atom is -0.454 e. The molecule has 4 atom stereocenters. The van der Waals surface area contributed by atoms with Crippen LogP contribution in [0.2, 0.25) is 0 Å². The van der Waals surface area contributed by atoms with Gasteiger partial charge >= 0.3 is 6.03 Å². The molecule has 11 heteroatoms. The fourth-order valence-corrected chi connectivity index (χ4v) is 6.77. The quantitative estimate of drug-likeness (QED) is 0.195. The molecule has 0 unspecified atom stereocenters. The fourth-order valence-electron chi connectivity index (χ4n) is 6.77. The van der Waals surface area contributed by atoms with Crippen molar-refractivity contribution in [3.8, 4) is 23.0 Å². The molecule has 3 aliphatic heterocycles. The number of rotatable bonds is 10. The van der Waals surface area contributed by atoms with Crippen molar-refractivity contribution in [3.05, 3.63) is 107 Å². The summed E-state index contributed by atoms with van der Waals surface area (Å²) in [5, 5.41) is 30.6. The number of benzene rings is 4. The molecule has 3 heterocycles. The van der Waals surface area contributed by atoms with Crippen LogP contribution in [0.25, 0.3) is 0 Å². The van der Waals surface area contributed by atoms with Crippen LogP contribution in [0, 0.1) is 0 Å².